The van der Waals surface area contributed by atoms with E-state index in [0.29, 0.717) is 26.0 Å². The second-order valence-corrected chi connectivity index (χ2v) is 8.66. The number of hydrogen-bond acceptors (Lipinski definition) is 4. The highest BCUT2D eigenvalue weighted by molar-refractivity contribution is 7.89. The zero-order valence-electron chi connectivity index (χ0n) is 13.0. The second-order valence-electron chi connectivity index (χ2n) is 6.58. The Hall–Kier alpha value is -0.620. The van der Waals surface area contributed by atoms with E-state index in [1.807, 2.05) is 20.8 Å². The fourth-order valence-electron chi connectivity index (χ4n) is 2.21. The molecular formula is C14H27NO4S. The molecule has 1 rings (SSSR count). The van der Waals surface area contributed by atoms with E-state index < -0.39 is 10.0 Å². The van der Waals surface area contributed by atoms with Gasteiger partial charge in [0.15, 0.2) is 0 Å². The third kappa shape index (κ3) is 5.40. The van der Waals surface area contributed by atoms with E-state index in [-0.39, 0.29) is 29.6 Å². The molecular weight excluding hydrogens is 278 g/mol. The lowest BCUT2D eigenvalue weighted by molar-refractivity contribution is -0.149. The molecule has 1 saturated heterocycles. The van der Waals surface area contributed by atoms with Crippen LogP contribution in [0, 0.1) is 11.3 Å². The number of sulfonamides is 1. The third-order valence-corrected chi connectivity index (χ3v) is 5.35. The molecule has 1 heterocycles. The van der Waals surface area contributed by atoms with Crippen LogP contribution in [-0.4, -0.2) is 44.1 Å². The summed E-state index contributed by atoms with van der Waals surface area (Å²) in [5.41, 5.74) is -0.0105. The largest absolute Gasteiger partial charge is 0.466 e. The van der Waals surface area contributed by atoms with Crippen LogP contribution in [0.15, 0.2) is 0 Å². The lowest BCUT2D eigenvalue weighted by Gasteiger charge is -2.31. The minimum Gasteiger partial charge on any atom is -0.466 e. The van der Waals surface area contributed by atoms with Crippen LogP contribution in [0.1, 0.15) is 47.0 Å². The Morgan fingerprint density at radius 2 is 2.00 bits per heavy atom. The van der Waals surface area contributed by atoms with E-state index in [2.05, 4.69) is 0 Å². The molecule has 1 aliphatic heterocycles. The van der Waals surface area contributed by atoms with Gasteiger partial charge in [0.25, 0.3) is 0 Å². The Bertz CT molecular complexity index is 425. The first-order chi connectivity index (χ1) is 9.15. The molecule has 118 valence electrons. The van der Waals surface area contributed by atoms with E-state index in [1.54, 1.807) is 6.92 Å². The predicted octanol–water partition coefficient (Wildman–Crippen LogP) is 2.03. The van der Waals surface area contributed by atoms with Gasteiger partial charge in [-0.05, 0) is 31.6 Å². The van der Waals surface area contributed by atoms with E-state index in [1.165, 1.54) is 4.31 Å². The number of rotatable bonds is 5. The smallest absolute Gasteiger partial charge is 0.310 e. The molecule has 20 heavy (non-hydrogen) atoms. The second kappa shape index (κ2) is 6.89. The van der Waals surface area contributed by atoms with Gasteiger partial charge in [0, 0.05) is 13.1 Å². The number of ether oxygens (including phenoxy) is 1. The standard InChI is InChI=1S/C14H27NO4S/c1-5-19-13(16)12-7-6-9-15(11-12)20(17,18)10-8-14(2,3)4/h12H,5-11H2,1-4H3/t12-/m1/s1. The van der Waals surface area contributed by atoms with Crippen molar-refractivity contribution in [3.63, 3.8) is 0 Å². The molecule has 5 nitrogen and oxygen atoms in total. The molecule has 0 unspecified atom stereocenters. The van der Waals surface area contributed by atoms with Gasteiger partial charge < -0.3 is 4.74 Å². The van der Waals surface area contributed by atoms with E-state index >= 15 is 0 Å². The average Bonchev–Trinajstić information content (AvgIpc) is 2.36. The average molecular weight is 305 g/mol. The maximum Gasteiger partial charge on any atom is 0.310 e. The zero-order chi connectivity index (χ0) is 15.4. The van der Waals surface area contributed by atoms with Gasteiger partial charge in [-0.2, -0.15) is 0 Å². The van der Waals surface area contributed by atoms with Gasteiger partial charge in [0.05, 0.1) is 18.3 Å². The molecule has 0 aromatic heterocycles. The number of esters is 1. The van der Waals surface area contributed by atoms with Gasteiger partial charge in [-0.3, -0.25) is 4.79 Å². The number of carbonyl (C=O) groups excluding carboxylic acids is 1. The first-order valence-corrected chi connectivity index (χ1v) is 8.91. The molecule has 0 spiro atoms. The molecule has 0 radical (unpaired) electrons. The molecule has 1 fully saturated rings. The van der Waals surface area contributed by atoms with Crippen molar-refractivity contribution in [1.29, 1.82) is 0 Å². The molecule has 0 N–H and O–H groups in total. The van der Waals surface area contributed by atoms with Gasteiger partial charge in [0.2, 0.25) is 10.0 Å². The number of piperidine rings is 1. The monoisotopic (exact) mass is 305 g/mol. The highest BCUT2D eigenvalue weighted by Crippen LogP contribution is 2.24. The van der Waals surface area contributed by atoms with Crippen molar-refractivity contribution in [2.75, 3.05) is 25.4 Å². The quantitative estimate of drug-likeness (QED) is 0.729. The molecule has 6 heteroatoms. The summed E-state index contributed by atoms with van der Waals surface area (Å²) in [6.45, 7) is 8.97. The maximum absolute atomic E-state index is 12.3. The van der Waals surface area contributed by atoms with Crippen LogP contribution >= 0.6 is 0 Å². The molecule has 0 bridgehead atoms. The van der Waals surface area contributed by atoms with Crippen LogP contribution in [0.5, 0.6) is 0 Å². The first kappa shape index (κ1) is 17.4. The minimum atomic E-state index is -3.27. The van der Waals surface area contributed by atoms with Crippen LogP contribution in [0.2, 0.25) is 0 Å². The first-order valence-electron chi connectivity index (χ1n) is 7.30. The molecule has 1 aliphatic rings. The highest BCUT2D eigenvalue weighted by Gasteiger charge is 2.33. The van der Waals surface area contributed by atoms with Crippen LogP contribution in [-0.2, 0) is 19.6 Å². The number of nitrogens with zero attached hydrogens (tertiary/aromatic N) is 1. The van der Waals surface area contributed by atoms with E-state index in [9.17, 15) is 13.2 Å². The predicted molar refractivity (Wildman–Crippen MR) is 78.8 cm³/mol. The summed E-state index contributed by atoms with van der Waals surface area (Å²) < 4.78 is 31.1. The van der Waals surface area contributed by atoms with Crippen molar-refractivity contribution in [1.82, 2.24) is 4.31 Å². The lowest BCUT2D eigenvalue weighted by atomic mass is 9.94. The topological polar surface area (TPSA) is 63.7 Å². The summed E-state index contributed by atoms with van der Waals surface area (Å²) in [4.78, 5) is 11.7. The van der Waals surface area contributed by atoms with Crippen LogP contribution < -0.4 is 0 Å². The summed E-state index contributed by atoms with van der Waals surface area (Å²) in [5.74, 6) is -0.442. The number of carbonyl (C=O) groups is 1. The summed E-state index contributed by atoms with van der Waals surface area (Å²) in [7, 11) is -3.27. The highest BCUT2D eigenvalue weighted by atomic mass is 32.2. The summed E-state index contributed by atoms with van der Waals surface area (Å²) >= 11 is 0. The Kier molecular flexibility index (Phi) is 6.01. The van der Waals surface area contributed by atoms with Gasteiger partial charge in [0.1, 0.15) is 0 Å². The zero-order valence-corrected chi connectivity index (χ0v) is 13.8. The molecule has 0 aromatic carbocycles. The Morgan fingerprint density at radius 1 is 1.35 bits per heavy atom. The summed E-state index contributed by atoms with van der Waals surface area (Å²) in [6, 6.07) is 0. The molecule has 0 saturated carbocycles. The van der Waals surface area contributed by atoms with Crippen molar-refractivity contribution in [3.05, 3.63) is 0 Å². The van der Waals surface area contributed by atoms with Crippen LogP contribution in [0.3, 0.4) is 0 Å². The molecule has 0 amide bonds. The maximum atomic E-state index is 12.3. The van der Waals surface area contributed by atoms with Crippen molar-refractivity contribution in [2.24, 2.45) is 11.3 Å². The Labute approximate surface area is 122 Å². The summed E-state index contributed by atoms with van der Waals surface area (Å²) in [5, 5.41) is 0. The Balaban J connectivity index is 2.63. The van der Waals surface area contributed by atoms with Crippen molar-refractivity contribution >= 4 is 16.0 Å². The lowest BCUT2D eigenvalue weighted by Crippen LogP contribution is -2.44. The molecule has 0 aromatic rings. The molecule has 0 aliphatic carbocycles. The van der Waals surface area contributed by atoms with Crippen LogP contribution in [0.4, 0.5) is 0 Å². The SMILES string of the molecule is CCOC(=O)[C@@H]1CCCN(S(=O)(=O)CCC(C)(C)C)C1. The van der Waals surface area contributed by atoms with Gasteiger partial charge in [-0.1, -0.05) is 20.8 Å². The fourth-order valence-corrected chi connectivity index (χ4v) is 4.15. The Morgan fingerprint density at radius 3 is 2.55 bits per heavy atom. The van der Waals surface area contributed by atoms with Gasteiger partial charge in [-0.15, -0.1) is 0 Å². The van der Waals surface area contributed by atoms with Gasteiger partial charge in [-0.25, -0.2) is 12.7 Å². The van der Waals surface area contributed by atoms with Gasteiger partial charge >= 0.3 is 5.97 Å². The molecule has 1 atom stereocenters. The van der Waals surface area contributed by atoms with Crippen molar-refractivity contribution in [3.8, 4) is 0 Å². The van der Waals surface area contributed by atoms with E-state index in [4.69, 9.17) is 4.74 Å². The third-order valence-electron chi connectivity index (χ3n) is 3.51. The van der Waals surface area contributed by atoms with Crippen LogP contribution in [0.25, 0.3) is 0 Å². The van der Waals surface area contributed by atoms with E-state index in [0.717, 1.165) is 6.42 Å². The van der Waals surface area contributed by atoms with Crippen molar-refractivity contribution < 1.29 is 17.9 Å². The fraction of sp³-hybridized carbons (Fsp3) is 0.929. The normalized spacial score (nSPS) is 21.7. The summed E-state index contributed by atoms with van der Waals surface area (Å²) in [6.07, 6.45) is 2.05. The number of hydrogen-bond donors (Lipinski definition) is 0. The van der Waals surface area contributed by atoms with Crippen molar-refractivity contribution in [2.45, 2.75) is 47.0 Å². The minimum absolute atomic E-state index is 0.0105.